The van der Waals surface area contributed by atoms with Crippen LogP contribution >= 0.6 is 0 Å². The van der Waals surface area contributed by atoms with Gasteiger partial charge in [-0.05, 0) is 25.5 Å². The van der Waals surface area contributed by atoms with Crippen LogP contribution in [0.1, 0.15) is 22.8 Å². The minimum absolute atomic E-state index is 0.160. The van der Waals surface area contributed by atoms with E-state index in [9.17, 15) is 14.4 Å². The van der Waals surface area contributed by atoms with E-state index in [1.165, 1.54) is 17.9 Å². The zero-order valence-corrected chi connectivity index (χ0v) is 10.7. The molecule has 0 saturated carbocycles. The number of aliphatic carboxylic acids is 2. The number of nitrogens with zero attached hydrogens (tertiary/aromatic N) is 1. The van der Waals surface area contributed by atoms with Crippen molar-refractivity contribution < 1.29 is 24.6 Å². The van der Waals surface area contributed by atoms with Crippen molar-refractivity contribution in [2.75, 3.05) is 18.0 Å². The first kappa shape index (κ1) is 14.7. The second kappa shape index (κ2) is 5.99. The molecule has 0 aliphatic heterocycles. The molecular formula is C13H15NO5. The van der Waals surface area contributed by atoms with Crippen molar-refractivity contribution in [3.05, 3.63) is 29.3 Å². The molecule has 0 atom stereocenters. The predicted octanol–water partition coefficient (Wildman–Crippen LogP) is 1.17. The van der Waals surface area contributed by atoms with E-state index in [1.807, 2.05) is 0 Å². The summed E-state index contributed by atoms with van der Waals surface area (Å²) in [7, 11) is 0. The average molecular weight is 265 g/mol. The summed E-state index contributed by atoms with van der Waals surface area (Å²) in [6.45, 7) is 2.26. The quantitative estimate of drug-likeness (QED) is 0.750. The Morgan fingerprint density at radius 3 is 2.05 bits per heavy atom. The highest BCUT2D eigenvalue weighted by Gasteiger charge is 2.17. The summed E-state index contributed by atoms with van der Waals surface area (Å²) < 4.78 is 0. The molecule has 0 amide bonds. The van der Waals surface area contributed by atoms with Crippen LogP contribution in [0, 0.1) is 6.92 Å². The van der Waals surface area contributed by atoms with Crippen molar-refractivity contribution in [1.29, 1.82) is 0 Å². The monoisotopic (exact) mass is 265 g/mol. The van der Waals surface area contributed by atoms with Crippen molar-refractivity contribution in [2.45, 2.75) is 13.8 Å². The largest absolute Gasteiger partial charge is 0.480 e. The van der Waals surface area contributed by atoms with Crippen LogP contribution in [0.4, 0.5) is 5.69 Å². The maximum absolute atomic E-state index is 11.3. The summed E-state index contributed by atoms with van der Waals surface area (Å²) in [5.74, 6) is -2.42. The molecule has 0 bridgehead atoms. The van der Waals surface area contributed by atoms with E-state index in [0.29, 0.717) is 16.8 Å². The van der Waals surface area contributed by atoms with Crippen LogP contribution in [-0.4, -0.2) is 41.0 Å². The second-order valence-corrected chi connectivity index (χ2v) is 4.20. The first-order chi connectivity index (χ1) is 8.81. The number of anilines is 1. The van der Waals surface area contributed by atoms with Gasteiger partial charge in [-0.2, -0.15) is 0 Å². The van der Waals surface area contributed by atoms with Crippen molar-refractivity contribution in [2.24, 2.45) is 0 Å². The number of benzene rings is 1. The van der Waals surface area contributed by atoms with Crippen molar-refractivity contribution >= 4 is 23.4 Å². The lowest BCUT2D eigenvalue weighted by Crippen LogP contribution is -2.35. The molecule has 1 aromatic rings. The summed E-state index contributed by atoms with van der Waals surface area (Å²) in [6, 6.07) is 4.81. The molecule has 0 aromatic heterocycles. The van der Waals surface area contributed by atoms with Gasteiger partial charge in [-0.25, -0.2) is 0 Å². The number of carbonyl (C=O) groups excluding carboxylic acids is 1. The highest BCUT2D eigenvalue weighted by atomic mass is 16.4. The van der Waals surface area contributed by atoms with Gasteiger partial charge >= 0.3 is 11.9 Å². The number of rotatable bonds is 6. The molecule has 102 valence electrons. The Kier molecular flexibility index (Phi) is 4.63. The fourth-order valence-corrected chi connectivity index (χ4v) is 1.72. The van der Waals surface area contributed by atoms with E-state index >= 15 is 0 Å². The van der Waals surface area contributed by atoms with Crippen LogP contribution in [-0.2, 0) is 9.59 Å². The number of aryl methyl sites for hydroxylation is 1. The van der Waals surface area contributed by atoms with Gasteiger partial charge in [0.05, 0.1) is 0 Å². The van der Waals surface area contributed by atoms with Gasteiger partial charge in [-0.15, -0.1) is 0 Å². The second-order valence-electron chi connectivity index (χ2n) is 4.20. The summed E-state index contributed by atoms with van der Waals surface area (Å²) in [6.07, 6.45) is 0. The molecule has 1 aromatic carbocycles. The predicted molar refractivity (Wildman–Crippen MR) is 68.7 cm³/mol. The van der Waals surface area contributed by atoms with Crippen LogP contribution in [0.25, 0.3) is 0 Å². The minimum Gasteiger partial charge on any atom is -0.480 e. The molecule has 0 saturated heterocycles. The molecule has 0 heterocycles. The number of hydrogen-bond acceptors (Lipinski definition) is 4. The molecular weight excluding hydrogens is 250 g/mol. The molecule has 19 heavy (non-hydrogen) atoms. The van der Waals surface area contributed by atoms with Gasteiger partial charge in [-0.1, -0.05) is 12.1 Å². The van der Waals surface area contributed by atoms with E-state index in [2.05, 4.69) is 0 Å². The first-order valence-corrected chi connectivity index (χ1v) is 5.61. The van der Waals surface area contributed by atoms with Gasteiger partial charge < -0.3 is 15.1 Å². The van der Waals surface area contributed by atoms with Gasteiger partial charge in [0.1, 0.15) is 13.1 Å². The average Bonchev–Trinajstić information content (AvgIpc) is 2.27. The molecule has 0 aliphatic rings. The first-order valence-electron chi connectivity index (χ1n) is 5.61. The minimum atomic E-state index is -1.13. The molecule has 0 radical (unpaired) electrons. The van der Waals surface area contributed by atoms with Gasteiger partial charge in [0.15, 0.2) is 5.78 Å². The molecule has 0 aliphatic carbocycles. The third kappa shape index (κ3) is 4.09. The maximum Gasteiger partial charge on any atom is 0.323 e. The zero-order chi connectivity index (χ0) is 14.6. The zero-order valence-electron chi connectivity index (χ0n) is 10.7. The van der Waals surface area contributed by atoms with Crippen LogP contribution in [0.15, 0.2) is 18.2 Å². The van der Waals surface area contributed by atoms with Crippen LogP contribution in [0.2, 0.25) is 0 Å². The number of carboxylic acid groups (broad SMARTS) is 2. The summed E-state index contributed by atoms with van der Waals surface area (Å²) in [4.78, 5) is 34.1. The Morgan fingerprint density at radius 1 is 1.11 bits per heavy atom. The van der Waals surface area contributed by atoms with E-state index in [0.717, 1.165) is 0 Å². The third-order valence-electron chi connectivity index (χ3n) is 2.61. The Balaban J connectivity index is 3.19. The maximum atomic E-state index is 11.3. The number of Topliss-reactive ketones (excluding diaryl/α,β-unsaturated/α-hetero) is 1. The van der Waals surface area contributed by atoms with Gasteiger partial charge in [0.25, 0.3) is 0 Å². The number of carbonyl (C=O) groups is 3. The van der Waals surface area contributed by atoms with Gasteiger partial charge in [0, 0.05) is 11.3 Å². The molecule has 6 nitrogen and oxygen atoms in total. The Labute approximate surface area is 110 Å². The lowest BCUT2D eigenvalue weighted by atomic mass is 10.1. The SMILES string of the molecule is CC(=O)c1ccc(C)c(N(CC(=O)O)CC(=O)O)c1. The highest BCUT2D eigenvalue weighted by Crippen LogP contribution is 2.22. The molecule has 6 heteroatoms. The Bertz CT molecular complexity index is 508. The lowest BCUT2D eigenvalue weighted by molar-refractivity contribution is -0.136. The van der Waals surface area contributed by atoms with Crippen molar-refractivity contribution in [3.63, 3.8) is 0 Å². The van der Waals surface area contributed by atoms with Gasteiger partial charge in [-0.3, -0.25) is 14.4 Å². The molecule has 0 spiro atoms. The van der Waals surface area contributed by atoms with Gasteiger partial charge in [0.2, 0.25) is 0 Å². The molecule has 2 N–H and O–H groups in total. The van der Waals surface area contributed by atoms with Crippen molar-refractivity contribution in [3.8, 4) is 0 Å². The van der Waals surface area contributed by atoms with E-state index in [-0.39, 0.29) is 5.78 Å². The summed E-state index contributed by atoms with van der Waals surface area (Å²) >= 11 is 0. The van der Waals surface area contributed by atoms with Crippen molar-refractivity contribution in [1.82, 2.24) is 0 Å². The Hall–Kier alpha value is -2.37. The van der Waals surface area contributed by atoms with Crippen LogP contribution in [0.3, 0.4) is 0 Å². The Morgan fingerprint density at radius 2 is 1.63 bits per heavy atom. The smallest absolute Gasteiger partial charge is 0.323 e. The van der Waals surface area contributed by atoms with E-state index in [1.54, 1.807) is 19.1 Å². The number of carboxylic acids is 2. The highest BCUT2D eigenvalue weighted by molar-refractivity contribution is 5.95. The fraction of sp³-hybridized carbons (Fsp3) is 0.308. The molecule has 1 rings (SSSR count). The van der Waals surface area contributed by atoms with Crippen LogP contribution in [0.5, 0.6) is 0 Å². The molecule has 0 unspecified atom stereocenters. The molecule has 0 fully saturated rings. The normalized spacial score (nSPS) is 10.0. The third-order valence-corrected chi connectivity index (χ3v) is 2.61. The number of ketones is 1. The summed E-state index contributed by atoms with van der Waals surface area (Å²) in [5.41, 5.74) is 1.58. The fourth-order valence-electron chi connectivity index (χ4n) is 1.72. The standard InChI is InChI=1S/C13H15NO5/c1-8-3-4-10(9(2)15)5-11(8)14(6-12(16)17)7-13(18)19/h3-5H,6-7H2,1-2H3,(H,16,17)(H,18,19). The van der Waals surface area contributed by atoms with Crippen LogP contribution < -0.4 is 4.90 Å². The number of hydrogen-bond donors (Lipinski definition) is 2. The lowest BCUT2D eigenvalue weighted by Gasteiger charge is -2.23. The summed E-state index contributed by atoms with van der Waals surface area (Å²) in [5, 5.41) is 17.7. The van der Waals surface area contributed by atoms with E-state index < -0.39 is 25.0 Å². The van der Waals surface area contributed by atoms with E-state index in [4.69, 9.17) is 10.2 Å². The topological polar surface area (TPSA) is 94.9 Å².